The number of imidazole rings is 2. The molecule has 70 heavy (non-hydrogen) atoms. The Hall–Kier alpha value is -6.22. The lowest BCUT2D eigenvalue weighted by molar-refractivity contribution is -0.137. The smallest absolute Gasteiger partial charge is 0.407 e. The van der Waals surface area contributed by atoms with Crippen LogP contribution in [0.4, 0.5) is 9.59 Å². The number of H-pyrrole nitrogens is 2. The Labute approximate surface area is 407 Å². The van der Waals surface area contributed by atoms with E-state index in [1.807, 2.05) is 46.2 Å². The molecule has 0 radical (unpaired) electrons. The summed E-state index contributed by atoms with van der Waals surface area (Å²) in [5.74, 6) is 2.04. The summed E-state index contributed by atoms with van der Waals surface area (Å²) in [6.07, 6.45) is 7.92. The number of aromatic amines is 2. The van der Waals surface area contributed by atoms with E-state index < -0.39 is 24.3 Å². The number of aromatic nitrogens is 4. The Morgan fingerprint density at radius 2 is 1.03 bits per heavy atom. The fraction of sp³-hybridized carbons (Fsp3) is 0.560. The van der Waals surface area contributed by atoms with Crippen molar-refractivity contribution in [2.24, 2.45) is 11.8 Å². The van der Waals surface area contributed by atoms with Crippen LogP contribution < -0.4 is 20.1 Å². The molecular formula is C50H66N8O12. The van der Waals surface area contributed by atoms with Gasteiger partial charge < -0.3 is 68.3 Å². The van der Waals surface area contributed by atoms with Gasteiger partial charge in [0.1, 0.15) is 48.4 Å². The minimum Gasteiger partial charge on any atom is -0.491 e. The van der Waals surface area contributed by atoms with Crippen molar-refractivity contribution in [3.63, 3.8) is 0 Å². The maximum Gasteiger partial charge on any atom is 0.407 e. The van der Waals surface area contributed by atoms with Gasteiger partial charge in [0, 0.05) is 76.0 Å². The van der Waals surface area contributed by atoms with Gasteiger partial charge in [-0.25, -0.2) is 19.6 Å². The second-order valence-electron chi connectivity index (χ2n) is 18.0. The number of likely N-dealkylation sites (tertiary alicyclic amines) is 2. The predicted octanol–water partition coefficient (Wildman–Crippen LogP) is 5.81. The third-order valence-electron chi connectivity index (χ3n) is 13.8. The molecule has 20 nitrogen and oxygen atoms in total. The average Bonchev–Trinajstić information content (AvgIpc) is 4.26. The average molecular weight is 971 g/mol. The zero-order valence-electron chi connectivity index (χ0n) is 40.5. The van der Waals surface area contributed by atoms with Crippen LogP contribution in [0.3, 0.4) is 0 Å². The zero-order chi connectivity index (χ0) is 49.0. The second kappa shape index (κ2) is 24.1. The predicted molar refractivity (Wildman–Crippen MR) is 255 cm³/mol. The van der Waals surface area contributed by atoms with Crippen molar-refractivity contribution in [3.8, 4) is 45.1 Å². The molecule has 378 valence electrons. The topological polar surface area (TPSA) is 230 Å². The number of amides is 4. The van der Waals surface area contributed by atoms with Gasteiger partial charge in [-0.1, -0.05) is 12.1 Å². The molecule has 2 aromatic carbocycles. The zero-order valence-corrected chi connectivity index (χ0v) is 40.5. The van der Waals surface area contributed by atoms with Gasteiger partial charge in [-0.2, -0.15) is 0 Å². The molecule has 4 N–H and O–H groups in total. The van der Waals surface area contributed by atoms with Crippen molar-refractivity contribution in [3.05, 3.63) is 60.4 Å². The van der Waals surface area contributed by atoms with Gasteiger partial charge in [-0.05, 0) is 87.5 Å². The maximum atomic E-state index is 14.2. The number of hydrogen-bond donors (Lipinski definition) is 4. The number of hydrogen-bond acceptors (Lipinski definition) is 14. The summed E-state index contributed by atoms with van der Waals surface area (Å²) in [4.78, 5) is 73.4. The molecule has 6 heterocycles. The summed E-state index contributed by atoms with van der Waals surface area (Å²) < 4.78 is 44.5. The molecule has 0 aliphatic carbocycles. The first-order valence-corrected chi connectivity index (χ1v) is 24.3. The summed E-state index contributed by atoms with van der Waals surface area (Å²) >= 11 is 0. The molecule has 0 saturated carbocycles. The highest BCUT2D eigenvalue weighted by molar-refractivity contribution is 5.88. The molecule has 4 fully saturated rings. The van der Waals surface area contributed by atoms with Crippen LogP contribution in [0.25, 0.3) is 33.6 Å². The molecule has 4 aromatic rings. The van der Waals surface area contributed by atoms with Crippen LogP contribution in [0, 0.1) is 11.8 Å². The molecule has 8 rings (SSSR count). The van der Waals surface area contributed by atoms with Gasteiger partial charge in [-0.15, -0.1) is 0 Å². The maximum absolute atomic E-state index is 14.2. The van der Waals surface area contributed by atoms with Gasteiger partial charge in [-0.3, -0.25) is 9.59 Å². The Kier molecular flexibility index (Phi) is 17.3. The third kappa shape index (κ3) is 11.7. The summed E-state index contributed by atoms with van der Waals surface area (Å²) in [6, 6.07) is 9.79. The highest BCUT2D eigenvalue weighted by Gasteiger charge is 2.42. The minimum atomic E-state index is -0.736. The third-order valence-corrected chi connectivity index (χ3v) is 13.8. The largest absolute Gasteiger partial charge is 0.491 e. The van der Waals surface area contributed by atoms with Crippen LogP contribution in [0.15, 0.2) is 48.8 Å². The fourth-order valence-corrected chi connectivity index (χ4v) is 10.1. The van der Waals surface area contributed by atoms with E-state index in [-0.39, 0.29) is 35.7 Å². The first kappa shape index (κ1) is 50.2. The van der Waals surface area contributed by atoms with Crippen molar-refractivity contribution in [2.45, 2.75) is 75.5 Å². The number of methoxy groups -OCH3 is 4. The molecule has 0 bridgehead atoms. The number of nitrogens with zero attached hydrogens (tertiary/aromatic N) is 4. The number of alkyl carbamates (subject to hydrolysis) is 2. The van der Waals surface area contributed by atoms with E-state index in [1.165, 1.54) is 14.2 Å². The number of benzene rings is 2. The monoisotopic (exact) mass is 970 g/mol. The fourth-order valence-electron chi connectivity index (χ4n) is 10.1. The quantitative estimate of drug-likeness (QED) is 0.0813. The molecule has 2 aromatic heterocycles. The van der Waals surface area contributed by atoms with Gasteiger partial charge in [0.2, 0.25) is 11.8 Å². The lowest BCUT2D eigenvalue weighted by Gasteiger charge is -2.34. The van der Waals surface area contributed by atoms with Crippen LogP contribution in [0.2, 0.25) is 0 Å². The molecule has 4 unspecified atom stereocenters. The van der Waals surface area contributed by atoms with Crippen LogP contribution >= 0.6 is 0 Å². The number of carbonyl (C=O) groups excluding carboxylic acids is 4. The van der Waals surface area contributed by atoms with Gasteiger partial charge in [0.25, 0.3) is 0 Å². The summed E-state index contributed by atoms with van der Waals surface area (Å²) in [6.45, 7) is 4.51. The SMILES string of the molecule is COCCOc1cc(-c2cnc(C3CCCN3C(=O)C(NC(=O)OC)C3CCOCC3)[nH]2)ccc1-c1ccc(-c2cnc(C3CCCN3C(=O)C(NC(=O)OC)C3CCOCC3)[nH]2)cc1OCCOC. The Bertz CT molecular complexity index is 2230. The standard InChI is InChI=1S/C50H66N8O12/c1-63-23-25-69-41-27-33(37-29-51-45(53-37)39-7-5-17-57(39)47(59)43(55-49(61)65-3)31-13-19-67-20-14-31)9-11-35(41)36-12-10-34(28-42(36)70-26-24-64-2)38-30-52-46(54-38)40-8-6-18-58(40)48(60)44(56-50(62)66-4)32-15-21-68-22-16-32/h9-12,27-32,39-40,43-44H,5-8,13-26H2,1-4H3,(H,51,53)(H,52,54)(H,55,61)(H,56,62). The van der Waals surface area contributed by atoms with E-state index in [0.717, 1.165) is 59.3 Å². The second-order valence-corrected chi connectivity index (χ2v) is 18.0. The van der Waals surface area contributed by atoms with Crippen molar-refractivity contribution in [1.82, 2.24) is 40.4 Å². The van der Waals surface area contributed by atoms with Gasteiger partial charge in [0.05, 0.1) is 63.3 Å². The normalized spacial score (nSPS) is 19.7. The molecule has 4 atom stereocenters. The van der Waals surface area contributed by atoms with Crippen LogP contribution in [-0.4, -0.2) is 160 Å². The van der Waals surface area contributed by atoms with Gasteiger partial charge >= 0.3 is 12.2 Å². The molecule has 4 aliphatic rings. The highest BCUT2D eigenvalue weighted by atomic mass is 16.5. The Morgan fingerprint density at radius 1 is 0.614 bits per heavy atom. The number of carbonyl (C=O) groups is 4. The minimum absolute atomic E-state index is 0.0725. The summed E-state index contributed by atoms with van der Waals surface area (Å²) in [7, 11) is 5.84. The van der Waals surface area contributed by atoms with E-state index in [1.54, 1.807) is 26.6 Å². The van der Waals surface area contributed by atoms with E-state index in [2.05, 4.69) is 20.6 Å². The molecule has 20 heteroatoms. The Morgan fingerprint density at radius 3 is 1.41 bits per heavy atom. The van der Waals surface area contributed by atoms with Crippen molar-refractivity contribution in [2.75, 3.05) is 94.4 Å². The summed E-state index contributed by atoms with van der Waals surface area (Å²) in [5.41, 5.74) is 4.70. The molecular weight excluding hydrogens is 905 g/mol. The molecule has 0 spiro atoms. The van der Waals surface area contributed by atoms with Crippen LogP contribution in [-0.2, 0) is 38.0 Å². The molecule has 4 amide bonds. The van der Waals surface area contributed by atoms with Crippen molar-refractivity contribution >= 4 is 24.0 Å². The van der Waals surface area contributed by atoms with E-state index in [4.69, 9.17) is 47.9 Å². The van der Waals surface area contributed by atoms with E-state index >= 15 is 0 Å². The first-order valence-electron chi connectivity index (χ1n) is 24.3. The van der Waals surface area contributed by atoms with E-state index in [0.29, 0.717) is 115 Å². The molecule has 4 aliphatic heterocycles. The number of ether oxygens (including phenoxy) is 8. The summed E-state index contributed by atoms with van der Waals surface area (Å²) in [5, 5.41) is 5.63. The molecule has 4 saturated heterocycles. The first-order chi connectivity index (χ1) is 34.2. The van der Waals surface area contributed by atoms with E-state index in [9.17, 15) is 19.2 Å². The lowest BCUT2D eigenvalue weighted by atomic mass is 9.90. The van der Waals surface area contributed by atoms with Crippen LogP contribution in [0.5, 0.6) is 11.5 Å². The van der Waals surface area contributed by atoms with Crippen LogP contribution in [0.1, 0.15) is 75.1 Å². The van der Waals surface area contributed by atoms with Crippen molar-refractivity contribution < 1.29 is 57.1 Å². The Balaban J connectivity index is 1.04. The lowest BCUT2D eigenvalue weighted by Crippen LogP contribution is -2.53. The number of rotatable bonds is 19. The van der Waals surface area contributed by atoms with Gasteiger partial charge in [0.15, 0.2) is 0 Å². The van der Waals surface area contributed by atoms with Crippen molar-refractivity contribution in [1.29, 1.82) is 0 Å². The number of nitrogens with one attached hydrogen (secondary N) is 4. The highest BCUT2D eigenvalue weighted by Crippen LogP contribution is 2.42.